The minimum absolute atomic E-state index is 0.0166. The molecule has 2 rings (SSSR count). The van der Waals surface area contributed by atoms with Crippen LogP contribution in [-0.2, 0) is 4.79 Å². The molecule has 0 unspecified atom stereocenters. The van der Waals surface area contributed by atoms with Crippen LogP contribution in [0.4, 0.5) is 5.69 Å². The Morgan fingerprint density at radius 2 is 2.39 bits per heavy atom. The predicted octanol–water partition coefficient (Wildman–Crippen LogP) is 2.86. The number of pyridine rings is 1. The highest BCUT2D eigenvalue weighted by atomic mass is 16.1. The van der Waals surface area contributed by atoms with Crippen LogP contribution in [0, 0.1) is 17.2 Å². The summed E-state index contributed by atoms with van der Waals surface area (Å²) in [4.78, 5) is 15.6. The maximum absolute atomic E-state index is 11.7. The number of nitriles is 1. The largest absolute Gasteiger partial charge is 0.325 e. The van der Waals surface area contributed by atoms with Gasteiger partial charge in [0.2, 0.25) is 5.91 Å². The first-order chi connectivity index (χ1) is 8.79. The number of nitrogens with zero attached hydrogens (tertiary/aromatic N) is 2. The van der Waals surface area contributed by atoms with E-state index in [1.165, 1.54) is 25.5 Å². The highest BCUT2D eigenvalue weighted by Crippen LogP contribution is 2.30. The second-order valence-electron chi connectivity index (χ2n) is 4.77. The van der Waals surface area contributed by atoms with E-state index in [9.17, 15) is 4.79 Å². The lowest BCUT2D eigenvalue weighted by Gasteiger charge is -2.24. The maximum Gasteiger partial charge on any atom is 0.224 e. The molecule has 0 spiro atoms. The molecule has 1 amide bonds. The Morgan fingerprint density at radius 3 is 3.06 bits per heavy atom. The van der Waals surface area contributed by atoms with Crippen LogP contribution in [0.15, 0.2) is 18.5 Å². The Kier molecular flexibility index (Phi) is 4.30. The molecule has 1 saturated carbocycles. The lowest BCUT2D eigenvalue weighted by molar-refractivity contribution is -0.116. The second kappa shape index (κ2) is 6.15. The molecule has 1 N–H and O–H groups in total. The van der Waals surface area contributed by atoms with E-state index in [2.05, 4.69) is 10.3 Å². The zero-order chi connectivity index (χ0) is 12.8. The Balaban J connectivity index is 1.77. The van der Waals surface area contributed by atoms with Gasteiger partial charge in [0.15, 0.2) is 0 Å². The fourth-order valence-electron chi connectivity index (χ4n) is 2.14. The highest BCUT2D eigenvalue weighted by Gasteiger charge is 2.17. The van der Waals surface area contributed by atoms with Crippen molar-refractivity contribution in [2.24, 2.45) is 5.92 Å². The van der Waals surface area contributed by atoms with Crippen molar-refractivity contribution in [1.82, 2.24) is 4.98 Å². The van der Waals surface area contributed by atoms with E-state index in [4.69, 9.17) is 5.26 Å². The molecule has 0 bridgehead atoms. The first-order valence-electron chi connectivity index (χ1n) is 6.43. The highest BCUT2D eigenvalue weighted by molar-refractivity contribution is 5.91. The SMILES string of the molecule is N#Cc1cnccc1NC(=O)CCCC1CCC1. The van der Waals surface area contributed by atoms with Crippen molar-refractivity contribution in [2.75, 3.05) is 5.32 Å². The van der Waals surface area contributed by atoms with Crippen molar-refractivity contribution in [3.05, 3.63) is 24.0 Å². The quantitative estimate of drug-likeness (QED) is 0.864. The van der Waals surface area contributed by atoms with Crippen LogP contribution in [0.3, 0.4) is 0 Å². The van der Waals surface area contributed by atoms with E-state index in [1.807, 2.05) is 6.07 Å². The molecular formula is C14H17N3O. The lowest BCUT2D eigenvalue weighted by atomic mass is 9.82. The van der Waals surface area contributed by atoms with Gasteiger partial charge in [-0.3, -0.25) is 9.78 Å². The summed E-state index contributed by atoms with van der Waals surface area (Å²) >= 11 is 0. The molecule has 0 radical (unpaired) electrons. The molecule has 1 heterocycles. The van der Waals surface area contributed by atoms with Gasteiger partial charge in [-0.05, 0) is 24.8 Å². The summed E-state index contributed by atoms with van der Waals surface area (Å²) in [5, 5.41) is 11.6. The number of carbonyl (C=O) groups is 1. The first kappa shape index (κ1) is 12.6. The molecule has 1 aliphatic rings. The molecule has 0 aliphatic heterocycles. The van der Waals surface area contributed by atoms with Gasteiger partial charge >= 0.3 is 0 Å². The van der Waals surface area contributed by atoms with Gasteiger partial charge in [-0.1, -0.05) is 19.3 Å². The Labute approximate surface area is 107 Å². The zero-order valence-electron chi connectivity index (χ0n) is 10.4. The molecule has 4 nitrogen and oxygen atoms in total. The van der Waals surface area contributed by atoms with Gasteiger partial charge in [0, 0.05) is 18.8 Å². The summed E-state index contributed by atoms with van der Waals surface area (Å²) in [6.07, 6.45) is 9.64. The van der Waals surface area contributed by atoms with Crippen LogP contribution in [-0.4, -0.2) is 10.9 Å². The van der Waals surface area contributed by atoms with Gasteiger partial charge in [0.05, 0.1) is 11.3 Å². The standard InChI is InChI=1S/C14H17N3O/c15-9-12-10-16-8-7-13(12)17-14(18)6-2-5-11-3-1-4-11/h7-8,10-11H,1-6H2,(H,16,17,18). The smallest absolute Gasteiger partial charge is 0.224 e. The summed E-state index contributed by atoms with van der Waals surface area (Å²) in [7, 11) is 0. The molecule has 18 heavy (non-hydrogen) atoms. The monoisotopic (exact) mass is 243 g/mol. The molecule has 94 valence electrons. The normalized spacial score (nSPS) is 14.6. The molecule has 1 aliphatic carbocycles. The Morgan fingerprint density at radius 1 is 1.56 bits per heavy atom. The molecule has 0 atom stereocenters. The maximum atomic E-state index is 11.7. The van der Waals surface area contributed by atoms with Gasteiger partial charge in [0.25, 0.3) is 0 Å². The third kappa shape index (κ3) is 3.30. The summed E-state index contributed by atoms with van der Waals surface area (Å²) in [6.45, 7) is 0. The minimum atomic E-state index is -0.0166. The lowest BCUT2D eigenvalue weighted by Crippen LogP contribution is -2.15. The van der Waals surface area contributed by atoms with E-state index >= 15 is 0 Å². The predicted molar refractivity (Wildman–Crippen MR) is 68.8 cm³/mol. The topological polar surface area (TPSA) is 65.8 Å². The Bertz CT molecular complexity index is 460. The summed E-state index contributed by atoms with van der Waals surface area (Å²) < 4.78 is 0. The number of rotatable bonds is 5. The van der Waals surface area contributed by atoms with Crippen molar-refractivity contribution in [1.29, 1.82) is 5.26 Å². The van der Waals surface area contributed by atoms with Gasteiger partial charge in [-0.15, -0.1) is 0 Å². The number of anilines is 1. The van der Waals surface area contributed by atoms with Gasteiger partial charge in [0.1, 0.15) is 6.07 Å². The molecule has 4 heteroatoms. The number of hydrogen-bond donors (Lipinski definition) is 1. The van der Waals surface area contributed by atoms with Crippen LogP contribution < -0.4 is 5.32 Å². The van der Waals surface area contributed by atoms with Crippen molar-refractivity contribution in [3.8, 4) is 6.07 Å². The minimum Gasteiger partial charge on any atom is -0.325 e. The first-order valence-corrected chi connectivity index (χ1v) is 6.43. The van der Waals surface area contributed by atoms with Crippen molar-refractivity contribution < 1.29 is 4.79 Å². The third-order valence-corrected chi connectivity index (χ3v) is 3.46. The number of aromatic nitrogens is 1. The fourth-order valence-corrected chi connectivity index (χ4v) is 2.14. The van der Waals surface area contributed by atoms with E-state index in [0.29, 0.717) is 17.7 Å². The van der Waals surface area contributed by atoms with Gasteiger partial charge in [-0.2, -0.15) is 5.26 Å². The molecule has 1 aromatic rings. The van der Waals surface area contributed by atoms with Crippen molar-refractivity contribution >= 4 is 11.6 Å². The second-order valence-corrected chi connectivity index (χ2v) is 4.77. The van der Waals surface area contributed by atoms with Gasteiger partial charge in [-0.25, -0.2) is 0 Å². The molecule has 0 saturated heterocycles. The van der Waals surface area contributed by atoms with E-state index in [1.54, 1.807) is 12.3 Å². The van der Waals surface area contributed by atoms with Crippen LogP contribution in [0.2, 0.25) is 0 Å². The average molecular weight is 243 g/mol. The fraction of sp³-hybridized carbons (Fsp3) is 0.500. The summed E-state index contributed by atoms with van der Waals surface area (Å²) in [5.74, 6) is 0.824. The number of carbonyl (C=O) groups excluding carboxylic acids is 1. The van der Waals surface area contributed by atoms with Crippen LogP contribution in [0.25, 0.3) is 0 Å². The van der Waals surface area contributed by atoms with E-state index < -0.39 is 0 Å². The summed E-state index contributed by atoms with van der Waals surface area (Å²) in [5.41, 5.74) is 0.964. The van der Waals surface area contributed by atoms with Crippen LogP contribution >= 0.6 is 0 Å². The molecule has 1 fully saturated rings. The zero-order valence-corrected chi connectivity index (χ0v) is 10.4. The number of amides is 1. The number of hydrogen-bond acceptors (Lipinski definition) is 3. The Hall–Kier alpha value is -1.89. The third-order valence-electron chi connectivity index (χ3n) is 3.46. The number of nitrogens with one attached hydrogen (secondary N) is 1. The molecule has 0 aromatic carbocycles. The van der Waals surface area contributed by atoms with Crippen LogP contribution in [0.5, 0.6) is 0 Å². The summed E-state index contributed by atoms with van der Waals surface area (Å²) in [6, 6.07) is 3.67. The average Bonchev–Trinajstić information content (AvgIpc) is 2.33. The molecule has 1 aromatic heterocycles. The van der Waals surface area contributed by atoms with Gasteiger partial charge < -0.3 is 5.32 Å². The van der Waals surface area contributed by atoms with E-state index in [-0.39, 0.29) is 5.91 Å². The van der Waals surface area contributed by atoms with Crippen LogP contribution in [0.1, 0.15) is 44.1 Å². The van der Waals surface area contributed by atoms with E-state index in [0.717, 1.165) is 18.8 Å². The van der Waals surface area contributed by atoms with Crippen molar-refractivity contribution in [2.45, 2.75) is 38.5 Å². The molecular weight excluding hydrogens is 226 g/mol. The van der Waals surface area contributed by atoms with Crippen molar-refractivity contribution in [3.63, 3.8) is 0 Å².